The molecule has 1 amide bonds. The predicted octanol–water partition coefficient (Wildman–Crippen LogP) is 1.57. The molecule has 5 nitrogen and oxygen atoms in total. The van der Waals surface area contributed by atoms with Crippen LogP contribution in [0.15, 0.2) is 10.7 Å². The summed E-state index contributed by atoms with van der Waals surface area (Å²) < 4.78 is 7.79. The van der Waals surface area contributed by atoms with Crippen molar-refractivity contribution in [2.75, 3.05) is 13.2 Å². The van der Waals surface area contributed by atoms with Gasteiger partial charge in [-0.3, -0.25) is 9.48 Å². The second kappa shape index (κ2) is 5.64. The zero-order valence-corrected chi connectivity index (χ0v) is 11.4. The number of rotatable bonds is 3. The number of hydrogen-bond acceptors (Lipinski definition) is 3. The van der Waals surface area contributed by atoms with Crippen molar-refractivity contribution in [1.82, 2.24) is 15.1 Å². The van der Waals surface area contributed by atoms with Gasteiger partial charge in [0.15, 0.2) is 5.69 Å². The van der Waals surface area contributed by atoms with Gasteiger partial charge < -0.3 is 10.1 Å². The number of amides is 1. The Balaban J connectivity index is 2.00. The number of carbonyl (C=O) groups excluding carboxylic acids is 1. The minimum Gasteiger partial charge on any atom is -0.379 e. The molecule has 1 fully saturated rings. The monoisotopic (exact) mass is 301 g/mol. The quantitative estimate of drug-likeness (QED) is 0.922. The van der Waals surface area contributed by atoms with Gasteiger partial charge in [0.2, 0.25) is 0 Å². The summed E-state index contributed by atoms with van der Waals surface area (Å²) in [7, 11) is 0. The molecular weight excluding hydrogens is 286 g/mol. The second-order valence-electron chi connectivity index (χ2n) is 4.07. The predicted molar refractivity (Wildman–Crippen MR) is 66.9 cm³/mol. The van der Waals surface area contributed by atoms with E-state index < -0.39 is 0 Å². The van der Waals surface area contributed by atoms with Crippen LogP contribution >= 0.6 is 15.9 Å². The summed E-state index contributed by atoms with van der Waals surface area (Å²) in [5.41, 5.74) is 0.442. The lowest BCUT2D eigenvalue weighted by Crippen LogP contribution is -2.40. The van der Waals surface area contributed by atoms with Gasteiger partial charge in [0.1, 0.15) is 0 Å². The Morgan fingerprint density at radius 3 is 3.18 bits per heavy atom. The van der Waals surface area contributed by atoms with E-state index in [0.717, 1.165) is 30.5 Å². The first-order valence-corrected chi connectivity index (χ1v) is 6.61. The topological polar surface area (TPSA) is 56.2 Å². The third-order valence-corrected chi connectivity index (χ3v) is 3.33. The fourth-order valence-electron chi connectivity index (χ4n) is 1.82. The van der Waals surface area contributed by atoms with Crippen LogP contribution in [-0.4, -0.2) is 34.9 Å². The fourth-order valence-corrected chi connectivity index (χ4v) is 2.32. The molecule has 1 aliphatic rings. The molecule has 0 saturated carbocycles. The van der Waals surface area contributed by atoms with Crippen LogP contribution in [0.3, 0.4) is 0 Å². The maximum Gasteiger partial charge on any atom is 0.273 e. The molecule has 0 unspecified atom stereocenters. The summed E-state index contributed by atoms with van der Waals surface area (Å²) in [4.78, 5) is 12.0. The van der Waals surface area contributed by atoms with Crippen molar-refractivity contribution in [1.29, 1.82) is 0 Å². The number of aryl methyl sites for hydroxylation is 1. The zero-order valence-electron chi connectivity index (χ0n) is 9.78. The van der Waals surface area contributed by atoms with Crippen molar-refractivity contribution in [3.05, 3.63) is 16.4 Å². The molecule has 0 aliphatic carbocycles. The Morgan fingerprint density at radius 1 is 1.76 bits per heavy atom. The lowest BCUT2D eigenvalue weighted by molar-refractivity contribution is 0.0621. The number of nitrogens with zero attached hydrogens (tertiary/aromatic N) is 2. The average Bonchev–Trinajstić information content (AvgIpc) is 2.72. The van der Waals surface area contributed by atoms with Crippen molar-refractivity contribution < 1.29 is 9.53 Å². The number of ether oxygens (including phenoxy) is 1. The SMILES string of the molecule is CCn1cc(Br)c(C(=O)N[C@@H]2CCCOC2)n1. The van der Waals surface area contributed by atoms with E-state index in [0.29, 0.717) is 12.3 Å². The molecule has 2 rings (SSSR count). The highest BCUT2D eigenvalue weighted by Crippen LogP contribution is 2.15. The van der Waals surface area contributed by atoms with E-state index >= 15 is 0 Å². The highest BCUT2D eigenvalue weighted by atomic mass is 79.9. The van der Waals surface area contributed by atoms with Crippen LogP contribution in [0.4, 0.5) is 0 Å². The Bertz CT molecular complexity index is 399. The van der Waals surface area contributed by atoms with E-state index in [-0.39, 0.29) is 11.9 Å². The molecule has 0 aromatic carbocycles. The third-order valence-electron chi connectivity index (χ3n) is 2.75. The van der Waals surface area contributed by atoms with Crippen LogP contribution < -0.4 is 5.32 Å². The van der Waals surface area contributed by atoms with E-state index in [1.54, 1.807) is 4.68 Å². The number of aromatic nitrogens is 2. The molecule has 1 atom stereocenters. The standard InChI is InChI=1S/C11H16BrN3O2/c1-2-15-6-9(12)10(14-15)11(16)13-8-4-3-5-17-7-8/h6,8H,2-5,7H2,1H3,(H,13,16)/t8-/m1/s1. The van der Waals surface area contributed by atoms with E-state index in [1.165, 1.54) is 0 Å². The number of hydrogen-bond donors (Lipinski definition) is 1. The molecule has 1 N–H and O–H groups in total. The summed E-state index contributed by atoms with van der Waals surface area (Å²) in [6.45, 7) is 4.12. The van der Waals surface area contributed by atoms with Crippen molar-refractivity contribution in [3.8, 4) is 0 Å². The molecule has 0 bridgehead atoms. The summed E-state index contributed by atoms with van der Waals surface area (Å²) in [5.74, 6) is -0.139. The molecule has 1 aromatic rings. The average molecular weight is 302 g/mol. The summed E-state index contributed by atoms with van der Waals surface area (Å²) in [5, 5.41) is 7.15. The Labute approximate surface area is 109 Å². The van der Waals surface area contributed by atoms with Gasteiger partial charge in [-0.2, -0.15) is 5.10 Å². The third kappa shape index (κ3) is 3.07. The first-order chi connectivity index (χ1) is 8.20. The molecule has 0 radical (unpaired) electrons. The molecular formula is C11H16BrN3O2. The number of halogens is 1. The molecule has 1 saturated heterocycles. The van der Waals surface area contributed by atoms with Gasteiger partial charge in [-0.1, -0.05) is 0 Å². The van der Waals surface area contributed by atoms with Gasteiger partial charge in [-0.25, -0.2) is 0 Å². The number of carbonyl (C=O) groups is 1. The van der Waals surface area contributed by atoms with E-state index in [1.807, 2.05) is 13.1 Å². The van der Waals surface area contributed by atoms with E-state index in [2.05, 4.69) is 26.3 Å². The highest BCUT2D eigenvalue weighted by Gasteiger charge is 2.20. The Kier molecular flexibility index (Phi) is 4.17. The molecule has 2 heterocycles. The Hall–Kier alpha value is -0.880. The smallest absolute Gasteiger partial charge is 0.273 e. The first kappa shape index (κ1) is 12.6. The van der Waals surface area contributed by atoms with Gasteiger partial charge in [0.25, 0.3) is 5.91 Å². The van der Waals surface area contributed by atoms with Crippen LogP contribution in [0.1, 0.15) is 30.3 Å². The van der Waals surface area contributed by atoms with E-state index in [4.69, 9.17) is 4.74 Å². The lowest BCUT2D eigenvalue weighted by Gasteiger charge is -2.22. The minimum atomic E-state index is -0.139. The van der Waals surface area contributed by atoms with Gasteiger partial charge in [-0.15, -0.1) is 0 Å². The molecule has 94 valence electrons. The minimum absolute atomic E-state index is 0.106. The Morgan fingerprint density at radius 2 is 2.59 bits per heavy atom. The molecule has 17 heavy (non-hydrogen) atoms. The second-order valence-corrected chi connectivity index (χ2v) is 4.92. The summed E-state index contributed by atoms with van der Waals surface area (Å²) >= 11 is 3.35. The van der Waals surface area contributed by atoms with Crippen LogP contribution in [0, 0.1) is 0 Å². The van der Waals surface area contributed by atoms with Crippen LogP contribution in [0.25, 0.3) is 0 Å². The highest BCUT2D eigenvalue weighted by molar-refractivity contribution is 9.10. The van der Waals surface area contributed by atoms with Crippen LogP contribution in [0.2, 0.25) is 0 Å². The lowest BCUT2D eigenvalue weighted by atomic mass is 10.1. The maximum atomic E-state index is 12.0. The molecule has 0 spiro atoms. The number of nitrogens with one attached hydrogen (secondary N) is 1. The summed E-state index contributed by atoms with van der Waals surface area (Å²) in [6.07, 6.45) is 3.78. The molecule has 6 heteroatoms. The normalized spacial score (nSPS) is 20.2. The van der Waals surface area contributed by atoms with Crippen LogP contribution in [0.5, 0.6) is 0 Å². The van der Waals surface area contributed by atoms with Gasteiger partial charge in [0.05, 0.1) is 17.1 Å². The van der Waals surface area contributed by atoms with Gasteiger partial charge in [-0.05, 0) is 35.7 Å². The largest absolute Gasteiger partial charge is 0.379 e. The molecule has 1 aromatic heterocycles. The first-order valence-electron chi connectivity index (χ1n) is 5.82. The fraction of sp³-hybridized carbons (Fsp3) is 0.636. The van der Waals surface area contributed by atoms with E-state index in [9.17, 15) is 4.79 Å². The zero-order chi connectivity index (χ0) is 12.3. The maximum absolute atomic E-state index is 12.0. The van der Waals surface area contributed by atoms with Crippen molar-refractivity contribution in [3.63, 3.8) is 0 Å². The van der Waals surface area contributed by atoms with Crippen molar-refractivity contribution in [2.24, 2.45) is 0 Å². The summed E-state index contributed by atoms with van der Waals surface area (Å²) in [6, 6.07) is 0.106. The van der Waals surface area contributed by atoms with Crippen molar-refractivity contribution >= 4 is 21.8 Å². The van der Waals surface area contributed by atoms with Gasteiger partial charge in [0, 0.05) is 19.3 Å². The molecule has 1 aliphatic heterocycles. The van der Waals surface area contributed by atoms with Gasteiger partial charge >= 0.3 is 0 Å². The van der Waals surface area contributed by atoms with Crippen molar-refractivity contribution in [2.45, 2.75) is 32.4 Å². The van der Waals surface area contributed by atoms with Crippen LogP contribution in [-0.2, 0) is 11.3 Å².